The molecule has 0 spiro atoms. The van der Waals surface area contributed by atoms with E-state index in [4.69, 9.17) is 9.57 Å². The molecule has 3 nitrogen and oxygen atoms in total. The van der Waals surface area contributed by atoms with E-state index in [1.165, 1.54) is 5.56 Å². The van der Waals surface area contributed by atoms with Crippen LogP contribution in [-0.2, 0) is 9.57 Å². The second kappa shape index (κ2) is 6.07. The molecule has 0 radical (unpaired) electrons. The summed E-state index contributed by atoms with van der Waals surface area (Å²) in [6.45, 7) is 2.65. The van der Waals surface area contributed by atoms with E-state index < -0.39 is 0 Å². The fourth-order valence-corrected chi connectivity index (χ4v) is 2.57. The first kappa shape index (κ1) is 13.2. The van der Waals surface area contributed by atoms with Crippen molar-refractivity contribution in [3.63, 3.8) is 0 Å². The Morgan fingerprint density at radius 1 is 1.05 bits per heavy atom. The minimum atomic E-state index is -0.176. The van der Waals surface area contributed by atoms with E-state index in [9.17, 15) is 0 Å². The van der Waals surface area contributed by atoms with Gasteiger partial charge in [0.2, 0.25) is 0 Å². The molecule has 1 saturated heterocycles. The van der Waals surface area contributed by atoms with Crippen molar-refractivity contribution in [1.29, 1.82) is 0 Å². The summed E-state index contributed by atoms with van der Waals surface area (Å²) >= 11 is 0. The van der Waals surface area contributed by atoms with Crippen molar-refractivity contribution >= 4 is 5.69 Å². The predicted molar refractivity (Wildman–Crippen MR) is 79.2 cm³/mol. The molecule has 0 amide bonds. The molecule has 0 saturated carbocycles. The Balaban J connectivity index is 1.89. The summed E-state index contributed by atoms with van der Waals surface area (Å²) in [4.78, 5) is 5.97. The van der Waals surface area contributed by atoms with Crippen LogP contribution < -0.4 is 5.06 Å². The molecular weight excluding hydrogens is 250 g/mol. The molecule has 3 rings (SSSR count). The monoisotopic (exact) mass is 269 g/mol. The molecule has 0 bridgehead atoms. The van der Waals surface area contributed by atoms with E-state index in [1.807, 2.05) is 36.3 Å². The molecule has 1 fully saturated rings. The Labute approximate surface area is 119 Å². The van der Waals surface area contributed by atoms with Crippen LogP contribution in [0.25, 0.3) is 0 Å². The van der Waals surface area contributed by atoms with Crippen molar-refractivity contribution < 1.29 is 9.57 Å². The lowest BCUT2D eigenvalue weighted by molar-refractivity contribution is -0.115. The van der Waals surface area contributed by atoms with Crippen LogP contribution in [0, 0.1) is 0 Å². The van der Waals surface area contributed by atoms with Gasteiger partial charge in [0, 0.05) is 13.0 Å². The Hall–Kier alpha value is -1.84. The van der Waals surface area contributed by atoms with Crippen LogP contribution >= 0.6 is 0 Å². The van der Waals surface area contributed by atoms with Gasteiger partial charge in [-0.1, -0.05) is 48.5 Å². The third-order valence-electron chi connectivity index (χ3n) is 3.48. The number of nitrogens with zero attached hydrogens (tertiary/aromatic N) is 1. The third-order valence-corrected chi connectivity index (χ3v) is 3.48. The highest BCUT2D eigenvalue weighted by Crippen LogP contribution is 2.38. The number of ether oxygens (including phenoxy) is 1. The molecule has 0 N–H and O–H groups in total. The number of rotatable bonds is 4. The Bertz CT molecular complexity index is 482. The van der Waals surface area contributed by atoms with E-state index in [0.717, 1.165) is 12.1 Å². The summed E-state index contributed by atoms with van der Waals surface area (Å²) < 4.78 is 5.64. The second-order valence-electron chi connectivity index (χ2n) is 4.81. The number of anilines is 1. The first-order valence-electron chi connectivity index (χ1n) is 7.06. The van der Waals surface area contributed by atoms with Crippen LogP contribution in [0.1, 0.15) is 24.9 Å². The molecule has 2 aromatic carbocycles. The Morgan fingerprint density at radius 2 is 1.70 bits per heavy atom. The quantitative estimate of drug-likeness (QED) is 0.839. The summed E-state index contributed by atoms with van der Waals surface area (Å²) in [7, 11) is 0. The van der Waals surface area contributed by atoms with Gasteiger partial charge in [-0.25, -0.2) is 9.90 Å². The van der Waals surface area contributed by atoms with Crippen LogP contribution in [0.15, 0.2) is 60.7 Å². The number of hydrogen-bond acceptors (Lipinski definition) is 3. The van der Waals surface area contributed by atoms with Crippen LogP contribution in [0.3, 0.4) is 0 Å². The van der Waals surface area contributed by atoms with E-state index in [2.05, 4.69) is 36.4 Å². The zero-order valence-electron chi connectivity index (χ0n) is 11.6. The fourth-order valence-electron chi connectivity index (χ4n) is 2.57. The Kier molecular flexibility index (Phi) is 4.00. The lowest BCUT2D eigenvalue weighted by Crippen LogP contribution is -2.22. The zero-order chi connectivity index (χ0) is 13.8. The largest absolute Gasteiger partial charge is 0.350 e. The number of benzene rings is 2. The fraction of sp³-hybridized carbons (Fsp3) is 0.294. The third kappa shape index (κ3) is 2.69. The van der Waals surface area contributed by atoms with Crippen molar-refractivity contribution in [2.75, 3.05) is 11.7 Å². The molecule has 1 aliphatic rings. The van der Waals surface area contributed by atoms with Gasteiger partial charge in [0.05, 0.1) is 11.7 Å². The summed E-state index contributed by atoms with van der Waals surface area (Å²) in [6.07, 6.45) is 0.664. The summed E-state index contributed by atoms with van der Waals surface area (Å²) in [5.41, 5.74) is 2.31. The molecule has 0 aliphatic carbocycles. The summed E-state index contributed by atoms with van der Waals surface area (Å²) in [6, 6.07) is 20.8. The molecule has 0 unspecified atom stereocenters. The van der Waals surface area contributed by atoms with Crippen molar-refractivity contribution in [1.82, 2.24) is 0 Å². The SMILES string of the molecule is CCO[C@@H]1C[C@H](c2ccccc2)N(c2ccccc2)O1. The minimum absolute atomic E-state index is 0.176. The van der Waals surface area contributed by atoms with Crippen molar-refractivity contribution in [3.05, 3.63) is 66.2 Å². The van der Waals surface area contributed by atoms with Crippen LogP contribution in [0.5, 0.6) is 0 Å². The van der Waals surface area contributed by atoms with Gasteiger partial charge in [0.25, 0.3) is 0 Å². The van der Waals surface area contributed by atoms with Crippen LogP contribution in [0.4, 0.5) is 5.69 Å². The average Bonchev–Trinajstić information content (AvgIpc) is 2.93. The highest BCUT2D eigenvalue weighted by Gasteiger charge is 2.35. The smallest absolute Gasteiger partial charge is 0.186 e. The lowest BCUT2D eigenvalue weighted by atomic mass is 10.0. The van der Waals surface area contributed by atoms with Gasteiger partial charge in [-0.2, -0.15) is 0 Å². The average molecular weight is 269 g/mol. The first-order valence-corrected chi connectivity index (χ1v) is 7.06. The van der Waals surface area contributed by atoms with Crippen LogP contribution in [0.2, 0.25) is 0 Å². The molecule has 20 heavy (non-hydrogen) atoms. The summed E-state index contributed by atoms with van der Waals surface area (Å²) in [5, 5.41) is 1.97. The van der Waals surface area contributed by atoms with Crippen molar-refractivity contribution in [2.24, 2.45) is 0 Å². The van der Waals surface area contributed by atoms with E-state index in [-0.39, 0.29) is 12.3 Å². The standard InChI is InChI=1S/C17H19NO2/c1-2-19-17-13-16(14-9-5-3-6-10-14)18(20-17)15-11-7-4-8-12-15/h3-12,16-17H,2,13H2,1H3/t16-,17+/m1/s1. The maximum absolute atomic E-state index is 5.97. The zero-order valence-corrected chi connectivity index (χ0v) is 11.6. The lowest BCUT2D eigenvalue weighted by Gasteiger charge is -2.24. The predicted octanol–water partition coefficient (Wildman–Crippen LogP) is 3.93. The molecule has 2 atom stereocenters. The molecule has 0 aromatic heterocycles. The van der Waals surface area contributed by atoms with E-state index in [0.29, 0.717) is 6.61 Å². The van der Waals surface area contributed by atoms with Crippen molar-refractivity contribution in [2.45, 2.75) is 25.7 Å². The number of hydroxylamine groups is 1. The van der Waals surface area contributed by atoms with Gasteiger partial charge >= 0.3 is 0 Å². The minimum Gasteiger partial charge on any atom is -0.350 e. The maximum Gasteiger partial charge on any atom is 0.186 e. The molecule has 3 heteroatoms. The molecule has 1 aliphatic heterocycles. The topological polar surface area (TPSA) is 21.7 Å². The molecule has 2 aromatic rings. The van der Waals surface area contributed by atoms with Gasteiger partial charge in [-0.15, -0.1) is 0 Å². The molecule has 1 heterocycles. The number of hydrogen-bond donors (Lipinski definition) is 0. The van der Waals surface area contributed by atoms with Crippen molar-refractivity contribution in [3.8, 4) is 0 Å². The first-order chi connectivity index (χ1) is 9.88. The number of para-hydroxylation sites is 1. The maximum atomic E-state index is 5.97. The van der Waals surface area contributed by atoms with E-state index in [1.54, 1.807) is 0 Å². The molecule has 104 valence electrons. The van der Waals surface area contributed by atoms with Crippen LogP contribution in [-0.4, -0.2) is 12.9 Å². The Morgan fingerprint density at radius 3 is 2.35 bits per heavy atom. The van der Waals surface area contributed by atoms with Gasteiger partial charge in [-0.05, 0) is 24.6 Å². The second-order valence-corrected chi connectivity index (χ2v) is 4.81. The van der Waals surface area contributed by atoms with Gasteiger partial charge in [0.15, 0.2) is 6.29 Å². The normalized spacial score (nSPS) is 22.1. The van der Waals surface area contributed by atoms with Gasteiger partial charge < -0.3 is 4.74 Å². The van der Waals surface area contributed by atoms with Gasteiger partial charge in [-0.3, -0.25) is 0 Å². The van der Waals surface area contributed by atoms with E-state index >= 15 is 0 Å². The van der Waals surface area contributed by atoms with Gasteiger partial charge in [0.1, 0.15) is 0 Å². The molecular formula is C17H19NO2. The summed E-state index contributed by atoms with van der Waals surface area (Å²) in [5.74, 6) is 0. The highest BCUT2D eigenvalue weighted by molar-refractivity contribution is 5.47. The highest BCUT2D eigenvalue weighted by atomic mass is 16.8.